The van der Waals surface area contributed by atoms with Gasteiger partial charge in [-0.05, 0) is 12.1 Å². The predicted molar refractivity (Wildman–Crippen MR) is 82.2 cm³/mol. The molecule has 119 valence electrons. The summed E-state index contributed by atoms with van der Waals surface area (Å²) in [6, 6.07) is 2.83. The van der Waals surface area contributed by atoms with E-state index in [0.29, 0.717) is 12.5 Å². The maximum absolute atomic E-state index is 13.2. The quantitative estimate of drug-likeness (QED) is 0.860. The molecule has 2 heterocycles. The highest BCUT2D eigenvalue weighted by Gasteiger charge is 2.35. The van der Waals surface area contributed by atoms with Crippen LogP contribution in [0, 0.1) is 11.6 Å². The highest BCUT2D eigenvalue weighted by Crippen LogP contribution is 2.18. The molecule has 0 aromatic heterocycles. The van der Waals surface area contributed by atoms with Gasteiger partial charge in [-0.1, -0.05) is 4.90 Å². The number of hydrazine groups is 1. The molecule has 0 bridgehead atoms. The Morgan fingerprint density at radius 3 is 2.65 bits per heavy atom. The smallest absolute Gasteiger partial charge is 0.285 e. The number of carbonyl (C=O) groups is 1. The van der Waals surface area contributed by atoms with Crippen molar-refractivity contribution in [2.45, 2.75) is 0 Å². The number of nitrogens with one attached hydrogen (secondary N) is 1. The molecule has 0 spiro atoms. The third-order valence-corrected chi connectivity index (χ3v) is 3.37. The first-order valence-electron chi connectivity index (χ1n) is 6.89. The van der Waals surface area contributed by atoms with Gasteiger partial charge in [0.15, 0.2) is 11.9 Å². The number of aliphatic imine (C=N–C) groups is 1. The number of nitrogens with zero attached hydrogens (tertiary/aromatic N) is 4. The number of benzene rings is 1. The lowest BCUT2D eigenvalue weighted by Crippen LogP contribution is -2.47. The molecule has 6 nitrogen and oxygen atoms in total. The van der Waals surface area contributed by atoms with E-state index in [1.165, 1.54) is 0 Å². The summed E-state index contributed by atoms with van der Waals surface area (Å²) >= 11 is 0. The predicted octanol–water partition coefficient (Wildman–Crippen LogP) is 1.56. The monoisotopic (exact) mass is 319 g/mol. The SMILES string of the molecule is CN(C)N1C=CC2=NC(C(=O)Nc3cc(F)cc(F)c3)=C[N+]2C1. The molecule has 1 aromatic carbocycles. The maximum Gasteiger partial charge on any atom is 0.285 e. The van der Waals surface area contributed by atoms with Crippen LogP contribution in [0.15, 0.2) is 47.4 Å². The van der Waals surface area contributed by atoms with Gasteiger partial charge in [-0.2, -0.15) is 4.99 Å². The summed E-state index contributed by atoms with van der Waals surface area (Å²) in [7, 11) is 3.80. The zero-order chi connectivity index (χ0) is 16.6. The number of hydrogen-bond donors (Lipinski definition) is 1. The summed E-state index contributed by atoms with van der Waals surface area (Å²) in [5.74, 6) is -1.40. The summed E-state index contributed by atoms with van der Waals surface area (Å²) < 4.78 is 26.3. The Morgan fingerprint density at radius 2 is 2.00 bits per heavy atom. The van der Waals surface area contributed by atoms with Crippen LogP contribution in [0.25, 0.3) is 0 Å². The molecule has 23 heavy (non-hydrogen) atoms. The number of amidine groups is 1. The molecule has 0 atom stereocenters. The number of fused-ring (bicyclic) bond motifs is 1. The molecule has 1 N–H and O–H groups in total. The fraction of sp³-hybridized carbons (Fsp3) is 0.200. The summed E-state index contributed by atoms with van der Waals surface area (Å²) in [6.07, 6.45) is 5.23. The third kappa shape index (κ3) is 3.27. The van der Waals surface area contributed by atoms with Crippen LogP contribution in [0.1, 0.15) is 0 Å². The Labute approximate surface area is 132 Å². The summed E-state index contributed by atoms with van der Waals surface area (Å²) in [5.41, 5.74) is 0.221. The molecule has 2 aliphatic rings. The van der Waals surface area contributed by atoms with Crippen molar-refractivity contribution in [1.82, 2.24) is 14.9 Å². The largest absolute Gasteiger partial charge is 0.320 e. The first-order chi connectivity index (χ1) is 10.9. The number of carbonyl (C=O) groups excluding carboxylic acids is 1. The summed E-state index contributed by atoms with van der Waals surface area (Å²) in [5, 5.41) is 6.27. The normalized spacial score (nSPS) is 17.2. The lowest BCUT2D eigenvalue weighted by atomic mass is 10.3. The van der Waals surface area contributed by atoms with E-state index in [9.17, 15) is 13.6 Å². The second kappa shape index (κ2) is 5.90. The standard InChI is InChI=1S/C15H15F2N5O/c1-20(2)22-4-3-14-19-13(8-21(14)9-22)15(23)18-12-6-10(16)5-11(17)7-12/h3-8H,9H2,1-2H3,(H,18,23)/q+1. The molecule has 1 amide bonds. The summed E-state index contributed by atoms with van der Waals surface area (Å²) in [4.78, 5) is 18.2. The van der Waals surface area contributed by atoms with E-state index < -0.39 is 17.5 Å². The van der Waals surface area contributed by atoms with Crippen molar-refractivity contribution in [3.63, 3.8) is 0 Å². The van der Waals surface area contributed by atoms with Crippen LogP contribution < -0.4 is 10.2 Å². The minimum atomic E-state index is -0.756. The van der Waals surface area contributed by atoms with Gasteiger partial charge < -0.3 is 5.32 Å². The van der Waals surface area contributed by atoms with Gasteiger partial charge in [-0.25, -0.2) is 13.8 Å². The first-order valence-corrected chi connectivity index (χ1v) is 6.89. The van der Waals surface area contributed by atoms with Crippen molar-refractivity contribution in [2.75, 3.05) is 26.1 Å². The maximum atomic E-state index is 13.2. The number of hydrogen-bond acceptors (Lipinski definition) is 5. The fourth-order valence-electron chi connectivity index (χ4n) is 2.22. The molecule has 0 unspecified atom stereocenters. The van der Waals surface area contributed by atoms with E-state index in [2.05, 4.69) is 10.3 Å². The molecule has 3 rings (SSSR count). The molecule has 1 radical (unpaired) electrons. The van der Waals surface area contributed by atoms with E-state index in [1.807, 2.05) is 30.3 Å². The molecule has 0 saturated heterocycles. The van der Waals surface area contributed by atoms with Crippen LogP contribution in [0.3, 0.4) is 0 Å². The molecule has 0 fully saturated rings. The minimum Gasteiger partial charge on any atom is -0.320 e. The number of anilines is 1. The van der Waals surface area contributed by atoms with Crippen LogP contribution in [0.5, 0.6) is 0 Å². The molecule has 8 heteroatoms. The topological polar surface area (TPSA) is 53.8 Å². The Morgan fingerprint density at radius 1 is 1.30 bits per heavy atom. The fourth-order valence-corrected chi connectivity index (χ4v) is 2.22. The van der Waals surface area contributed by atoms with Gasteiger partial charge in [0.25, 0.3) is 11.7 Å². The molecule has 1 aromatic rings. The van der Waals surface area contributed by atoms with Crippen molar-refractivity contribution in [3.8, 4) is 0 Å². The van der Waals surface area contributed by atoms with E-state index in [4.69, 9.17) is 0 Å². The van der Waals surface area contributed by atoms with Crippen LogP contribution in [-0.4, -0.2) is 42.5 Å². The second-order valence-electron chi connectivity index (χ2n) is 5.31. The lowest BCUT2D eigenvalue weighted by Gasteiger charge is -2.27. The van der Waals surface area contributed by atoms with Crippen molar-refractivity contribution in [3.05, 3.63) is 54.0 Å². The van der Waals surface area contributed by atoms with Crippen molar-refractivity contribution in [1.29, 1.82) is 0 Å². The molecule has 0 aliphatic carbocycles. The Kier molecular flexibility index (Phi) is 3.93. The Balaban J connectivity index is 1.74. The van der Waals surface area contributed by atoms with Crippen molar-refractivity contribution < 1.29 is 13.6 Å². The van der Waals surface area contributed by atoms with Gasteiger partial charge in [0.1, 0.15) is 11.6 Å². The van der Waals surface area contributed by atoms with Crippen LogP contribution in [-0.2, 0) is 4.79 Å². The van der Waals surface area contributed by atoms with Crippen LogP contribution in [0.2, 0.25) is 0 Å². The van der Waals surface area contributed by atoms with Gasteiger partial charge in [-0.15, -0.1) is 0 Å². The van der Waals surface area contributed by atoms with Crippen LogP contribution in [0.4, 0.5) is 14.5 Å². The van der Waals surface area contributed by atoms with Gasteiger partial charge in [0.05, 0.1) is 0 Å². The van der Waals surface area contributed by atoms with Gasteiger partial charge in [0, 0.05) is 38.1 Å². The number of amides is 1. The molecule has 2 aliphatic heterocycles. The first kappa shape index (κ1) is 15.3. The van der Waals surface area contributed by atoms with Gasteiger partial charge in [0.2, 0.25) is 6.67 Å². The summed E-state index contributed by atoms with van der Waals surface area (Å²) in [6.45, 7) is 0.522. The van der Waals surface area contributed by atoms with Crippen molar-refractivity contribution in [2.24, 2.45) is 4.99 Å². The molecule has 0 saturated carbocycles. The average molecular weight is 319 g/mol. The molecular formula is C15H15F2N5O+. The number of rotatable bonds is 3. The number of halogens is 2. The second-order valence-corrected chi connectivity index (χ2v) is 5.31. The van der Waals surface area contributed by atoms with E-state index >= 15 is 0 Å². The zero-order valence-electron chi connectivity index (χ0n) is 12.6. The van der Waals surface area contributed by atoms with Gasteiger partial charge >= 0.3 is 0 Å². The average Bonchev–Trinajstić information content (AvgIpc) is 2.89. The Bertz CT molecular complexity index is 721. The van der Waals surface area contributed by atoms with E-state index in [-0.39, 0.29) is 11.4 Å². The van der Waals surface area contributed by atoms with E-state index in [1.54, 1.807) is 17.2 Å². The van der Waals surface area contributed by atoms with Crippen molar-refractivity contribution >= 4 is 17.4 Å². The van der Waals surface area contributed by atoms with E-state index in [0.717, 1.165) is 18.2 Å². The lowest BCUT2D eigenvalue weighted by molar-refractivity contribution is -0.112. The minimum absolute atomic E-state index is 0.0453. The zero-order valence-corrected chi connectivity index (χ0v) is 12.6. The highest BCUT2D eigenvalue weighted by molar-refractivity contribution is 6.10. The van der Waals surface area contributed by atoms with Crippen LogP contribution >= 0.6 is 0 Å². The Hall–Kier alpha value is -2.58. The highest BCUT2D eigenvalue weighted by atomic mass is 19.1. The third-order valence-electron chi connectivity index (χ3n) is 3.37. The molecular weight excluding hydrogens is 304 g/mol. The van der Waals surface area contributed by atoms with Gasteiger partial charge in [-0.3, -0.25) is 9.80 Å².